The van der Waals surface area contributed by atoms with Crippen LogP contribution in [-0.4, -0.2) is 39.7 Å². The molecule has 0 spiro atoms. The quantitative estimate of drug-likeness (QED) is 0.163. The van der Waals surface area contributed by atoms with Crippen LogP contribution in [0.25, 0.3) is 6.08 Å². The molecule has 0 aromatic heterocycles. The Kier molecular flexibility index (Phi) is 9.16. The van der Waals surface area contributed by atoms with Gasteiger partial charge in [0.1, 0.15) is 5.75 Å². The summed E-state index contributed by atoms with van der Waals surface area (Å²) < 4.78 is 26.1. The molecular formula is C24H26O7. The summed E-state index contributed by atoms with van der Waals surface area (Å²) >= 11 is 0. The third-order valence-electron chi connectivity index (χ3n) is 4.26. The molecule has 0 atom stereocenters. The van der Waals surface area contributed by atoms with Crippen LogP contribution in [0, 0.1) is 0 Å². The molecule has 7 heteroatoms. The lowest BCUT2D eigenvalue weighted by atomic mass is 10.1. The number of benzene rings is 2. The molecule has 0 bridgehead atoms. The van der Waals surface area contributed by atoms with Gasteiger partial charge in [-0.1, -0.05) is 12.7 Å². The molecule has 2 aromatic carbocycles. The first kappa shape index (κ1) is 23.5. The van der Waals surface area contributed by atoms with Gasteiger partial charge >= 0.3 is 5.97 Å². The lowest BCUT2D eigenvalue weighted by molar-refractivity contribution is -0.138. The van der Waals surface area contributed by atoms with E-state index in [0.29, 0.717) is 41.6 Å². The van der Waals surface area contributed by atoms with Crippen LogP contribution in [0.5, 0.6) is 23.0 Å². The highest BCUT2D eigenvalue weighted by Crippen LogP contribution is 2.38. The summed E-state index contributed by atoms with van der Waals surface area (Å²) in [7, 11) is 4.60. The van der Waals surface area contributed by atoms with Crippen LogP contribution < -0.4 is 18.9 Å². The van der Waals surface area contributed by atoms with Gasteiger partial charge < -0.3 is 23.7 Å². The van der Waals surface area contributed by atoms with Gasteiger partial charge in [0.2, 0.25) is 5.75 Å². The first-order chi connectivity index (χ1) is 15.0. The number of esters is 1. The van der Waals surface area contributed by atoms with Crippen LogP contribution >= 0.6 is 0 Å². The highest BCUT2D eigenvalue weighted by Gasteiger charge is 2.12. The van der Waals surface area contributed by atoms with Gasteiger partial charge in [0, 0.05) is 12.0 Å². The van der Waals surface area contributed by atoms with Gasteiger partial charge in [0.05, 0.1) is 34.2 Å². The van der Waals surface area contributed by atoms with E-state index in [1.54, 1.807) is 42.5 Å². The summed E-state index contributed by atoms with van der Waals surface area (Å²) in [5, 5.41) is 0. The van der Waals surface area contributed by atoms with Gasteiger partial charge in [-0.3, -0.25) is 9.59 Å². The Balaban J connectivity index is 1.97. The number of carbonyl (C=O) groups excluding carboxylic acids is 2. The third-order valence-corrected chi connectivity index (χ3v) is 4.26. The number of hydrogen-bond donors (Lipinski definition) is 0. The SMILES string of the molecule is C=COC(=O)CCCOc1ccc(C(=O)/C=C/c2cc(OC)c(OC)c(OC)c2)cc1. The zero-order valence-electron chi connectivity index (χ0n) is 17.9. The van der Waals surface area contributed by atoms with Gasteiger partial charge in [0.15, 0.2) is 17.3 Å². The van der Waals surface area contributed by atoms with Gasteiger partial charge in [-0.05, 0) is 54.5 Å². The largest absolute Gasteiger partial charge is 0.494 e. The second-order valence-corrected chi connectivity index (χ2v) is 6.29. The first-order valence-electron chi connectivity index (χ1n) is 9.58. The van der Waals surface area contributed by atoms with E-state index in [9.17, 15) is 9.59 Å². The Bertz CT molecular complexity index is 904. The number of methoxy groups -OCH3 is 3. The molecule has 0 saturated carbocycles. The molecular weight excluding hydrogens is 400 g/mol. The highest BCUT2D eigenvalue weighted by molar-refractivity contribution is 6.06. The fourth-order valence-electron chi connectivity index (χ4n) is 2.74. The van der Waals surface area contributed by atoms with Crippen molar-refractivity contribution < 1.29 is 33.3 Å². The normalized spacial score (nSPS) is 10.4. The summed E-state index contributed by atoms with van der Waals surface area (Å²) in [5.74, 6) is 1.61. The fourth-order valence-corrected chi connectivity index (χ4v) is 2.74. The van der Waals surface area contributed by atoms with Crippen LogP contribution in [0.3, 0.4) is 0 Å². The van der Waals surface area contributed by atoms with Gasteiger partial charge in [0.25, 0.3) is 0 Å². The van der Waals surface area contributed by atoms with Gasteiger partial charge in [-0.2, -0.15) is 0 Å². The molecule has 0 saturated heterocycles. The minimum Gasteiger partial charge on any atom is -0.494 e. The Morgan fingerprint density at radius 1 is 0.968 bits per heavy atom. The summed E-state index contributed by atoms with van der Waals surface area (Å²) in [4.78, 5) is 23.7. The highest BCUT2D eigenvalue weighted by atomic mass is 16.5. The topological polar surface area (TPSA) is 80.3 Å². The minimum absolute atomic E-state index is 0.160. The molecule has 0 amide bonds. The molecule has 2 aromatic rings. The van der Waals surface area contributed by atoms with Crippen LogP contribution in [0.15, 0.2) is 55.3 Å². The van der Waals surface area contributed by atoms with E-state index >= 15 is 0 Å². The number of rotatable bonds is 12. The first-order valence-corrected chi connectivity index (χ1v) is 9.58. The molecule has 0 aliphatic heterocycles. The second kappa shape index (κ2) is 12.1. The predicted octanol–water partition coefficient (Wildman–Crippen LogP) is 4.45. The Hall–Kier alpha value is -3.74. The summed E-state index contributed by atoms with van der Waals surface area (Å²) in [6.07, 6.45) is 5.02. The molecule has 0 heterocycles. The van der Waals surface area contributed by atoms with Crippen LogP contribution in [-0.2, 0) is 9.53 Å². The Morgan fingerprint density at radius 3 is 2.16 bits per heavy atom. The van der Waals surface area contributed by atoms with Crippen LogP contribution in [0.2, 0.25) is 0 Å². The van der Waals surface area contributed by atoms with Crippen molar-refractivity contribution in [1.29, 1.82) is 0 Å². The molecule has 0 radical (unpaired) electrons. The van der Waals surface area contributed by atoms with Crippen LogP contribution in [0.1, 0.15) is 28.8 Å². The average Bonchev–Trinajstić information content (AvgIpc) is 2.80. The van der Waals surface area contributed by atoms with E-state index in [-0.39, 0.29) is 18.2 Å². The number of ether oxygens (including phenoxy) is 5. The van der Waals surface area contributed by atoms with E-state index in [1.165, 1.54) is 27.4 Å². The van der Waals surface area contributed by atoms with Gasteiger partial charge in [-0.15, -0.1) is 0 Å². The second-order valence-electron chi connectivity index (χ2n) is 6.29. The number of ketones is 1. The van der Waals surface area contributed by atoms with Crippen molar-refractivity contribution in [2.45, 2.75) is 12.8 Å². The molecule has 0 unspecified atom stereocenters. The molecule has 0 fully saturated rings. The fraction of sp³-hybridized carbons (Fsp3) is 0.250. The molecule has 164 valence electrons. The van der Waals surface area contributed by atoms with Crippen molar-refractivity contribution in [1.82, 2.24) is 0 Å². The monoisotopic (exact) mass is 426 g/mol. The van der Waals surface area contributed by atoms with Crippen molar-refractivity contribution in [3.05, 3.63) is 66.4 Å². The molecule has 0 N–H and O–H groups in total. The van der Waals surface area contributed by atoms with Gasteiger partial charge in [-0.25, -0.2) is 0 Å². The Morgan fingerprint density at radius 2 is 1.61 bits per heavy atom. The third kappa shape index (κ3) is 6.92. The molecule has 0 aliphatic rings. The van der Waals surface area contributed by atoms with E-state index < -0.39 is 0 Å². The molecule has 31 heavy (non-hydrogen) atoms. The van der Waals surface area contributed by atoms with Crippen molar-refractivity contribution in [3.63, 3.8) is 0 Å². The number of allylic oxidation sites excluding steroid dienone is 1. The van der Waals surface area contributed by atoms with Crippen molar-refractivity contribution in [2.75, 3.05) is 27.9 Å². The maximum absolute atomic E-state index is 12.5. The van der Waals surface area contributed by atoms with Crippen molar-refractivity contribution >= 4 is 17.8 Å². The number of hydrogen-bond acceptors (Lipinski definition) is 7. The van der Waals surface area contributed by atoms with Crippen molar-refractivity contribution in [2.24, 2.45) is 0 Å². The summed E-state index contributed by atoms with van der Waals surface area (Å²) in [5.41, 5.74) is 1.25. The smallest absolute Gasteiger partial charge is 0.310 e. The maximum Gasteiger partial charge on any atom is 0.310 e. The maximum atomic E-state index is 12.5. The predicted molar refractivity (Wildman–Crippen MR) is 117 cm³/mol. The average molecular weight is 426 g/mol. The summed E-state index contributed by atoms with van der Waals surface area (Å²) in [6.45, 7) is 3.69. The minimum atomic E-state index is -0.349. The zero-order valence-corrected chi connectivity index (χ0v) is 17.9. The van der Waals surface area contributed by atoms with E-state index in [1.807, 2.05) is 0 Å². The van der Waals surface area contributed by atoms with Crippen LogP contribution in [0.4, 0.5) is 0 Å². The Labute approximate surface area is 181 Å². The summed E-state index contributed by atoms with van der Waals surface area (Å²) in [6, 6.07) is 10.3. The molecule has 0 aliphatic carbocycles. The molecule has 2 rings (SSSR count). The lowest BCUT2D eigenvalue weighted by Crippen LogP contribution is -2.04. The number of carbonyl (C=O) groups is 2. The van der Waals surface area contributed by atoms with E-state index in [4.69, 9.17) is 18.9 Å². The lowest BCUT2D eigenvalue weighted by Gasteiger charge is -2.12. The zero-order chi connectivity index (χ0) is 22.6. The van der Waals surface area contributed by atoms with E-state index in [0.717, 1.165) is 11.8 Å². The standard InChI is InChI=1S/C24H26O7/c1-5-30-23(26)7-6-14-31-19-11-9-18(10-12-19)20(25)13-8-17-15-21(27-2)24(29-4)22(16-17)28-3/h5,8-13,15-16H,1,6-7,14H2,2-4H3/b13-8+. The molecule has 7 nitrogen and oxygen atoms in total. The van der Waals surface area contributed by atoms with Crippen molar-refractivity contribution in [3.8, 4) is 23.0 Å². The van der Waals surface area contributed by atoms with E-state index in [2.05, 4.69) is 11.3 Å².